The fourth-order valence-electron chi connectivity index (χ4n) is 4.55. The lowest BCUT2D eigenvalue weighted by atomic mass is 9.52. The molecule has 0 N–H and O–H groups in total. The van der Waals surface area contributed by atoms with Gasteiger partial charge in [-0.25, -0.2) is 9.64 Å². The molecule has 0 aromatic rings. The number of Topliss-reactive ketones (excluding diaryl/α,β-unsaturated/α-hetero) is 1. The summed E-state index contributed by atoms with van der Waals surface area (Å²) in [5, 5.41) is 0. The molecule has 2 aliphatic carbocycles. The zero-order valence-corrected chi connectivity index (χ0v) is 16.5. The second-order valence-corrected chi connectivity index (χ2v) is 9.28. The SMILES string of the molecule is [C-]#[N+]C1=C[C@]2(C)C[C@@H](N(C)C(=O)OC(C)(C)C)CC[C@H]2C(C)(C)C1=O. The van der Waals surface area contributed by atoms with Crippen molar-refractivity contribution >= 4 is 11.9 Å². The van der Waals surface area contributed by atoms with Crippen LogP contribution in [0.15, 0.2) is 11.8 Å². The fourth-order valence-corrected chi connectivity index (χ4v) is 4.55. The Morgan fingerprint density at radius 3 is 2.44 bits per heavy atom. The number of hydrogen-bond acceptors (Lipinski definition) is 3. The van der Waals surface area contributed by atoms with Crippen LogP contribution in [0.4, 0.5) is 4.79 Å². The smallest absolute Gasteiger partial charge is 0.410 e. The zero-order valence-electron chi connectivity index (χ0n) is 16.5. The van der Waals surface area contributed by atoms with Crippen molar-refractivity contribution in [2.24, 2.45) is 16.7 Å². The Labute approximate surface area is 151 Å². The number of nitrogens with zero attached hydrogens (tertiary/aromatic N) is 2. The topological polar surface area (TPSA) is 51.0 Å². The van der Waals surface area contributed by atoms with Gasteiger partial charge in [0.25, 0.3) is 0 Å². The number of hydrogen-bond donors (Lipinski definition) is 0. The first-order valence-corrected chi connectivity index (χ1v) is 8.93. The van der Waals surface area contributed by atoms with E-state index in [4.69, 9.17) is 11.3 Å². The van der Waals surface area contributed by atoms with Crippen LogP contribution in [-0.2, 0) is 9.53 Å². The number of fused-ring (bicyclic) bond motifs is 1. The highest BCUT2D eigenvalue weighted by molar-refractivity contribution is 6.02. The molecule has 0 aliphatic heterocycles. The van der Waals surface area contributed by atoms with Gasteiger partial charge in [0.15, 0.2) is 5.78 Å². The van der Waals surface area contributed by atoms with Crippen LogP contribution in [0.3, 0.4) is 0 Å². The first-order chi connectivity index (χ1) is 11.3. The number of rotatable bonds is 1. The maximum absolute atomic E-state index is 12.6. The Morgan fingerprint density at radius 1 is 1.32 bits per heavy atom. The van der Waals surface area contributed by atoms with Crippen molar-refractivity contribution in [3.05, 3.63) is 23.2 Å². The number of carbonyl (C=O) groups excluding carboxylic acids is 2. The van der Waals surface area contributed by atoms with Gasteiger partial charge in [-0.2, -0.15) is 0 Å². The summed E-state index contributed by atoms with van der Waals surface area (Å²) >= 11 is 0. The van der Waals surface area contributed by atoms with Crippen LogP contribution in [0.25, 0.3) is 4.85 Å². The zero-order chi connectivity index (χ0) is 19.2. The molecule has 138 valence electrons. The van der Waals surface area contributed by atoms with Gasteiger partial charge in [0, 0.05) is 18.5 Å². The van der Waals surface area contributed by atoms with Crippen molar-refractivity contribution in [3.8, 4) is 0 Å². The third-order valence-electron chi connectivity index (χ3n) is 5.77. The fraction of sp³-hybridized carbons (Fsp3) is 0.750. The molecule has 1 amide bonds. The third-order valence-corrected chi connectivity index (χ3v) is 5.77. The molecule has 2 rings (SSSR count). The van der Waals surface area contributed by atoms with Crippen molar-refractivity contribution in [1.29, 1.82) is 0 Å². The van der Waals surface area contributed by atoms with Crippen LogP contribution in [0.1, 0.15) is 60.8 Å². The van der Waals surface area contributed by atoms with E-state index in [1.807, 2.05) is 40.7 Å². The van der Waals surface area contributed by atoms with E-state index < -0.39 is 11.0 Å². The van der Waals surface area contributed by atoms with Gasteiger partial charge in [0.1, 0.15) is 5.60 Å². The Hall–Kier alpha value is -1.83. The second kappa shape index (κ2) is 6.16. The highest BCUT2D eigenvalue weighted by Gasteiger charge is 2.54. The normalized spacial score (nSPS) is 31.4. The van der Waals surface area contributed by atoms with Gasteiger partial charge in [-0.05, 0) is 51.4 Å². The molecular formula is C20H30N2O3. The van der Waals surface area contributed by atoms with Crippen LogP contribution in [-0.4, -0.2) is 35.5 Å². The summed E-state index contributed by atoms with van der Waals surface area (Å²) in [6.07, 6.45) is 3.97. The minimum Gasteiger partial charge on any atom is -0.444 e. The lowest BCUT2D eigenvalue weighted by Crippen LogP contribution is -2.53. The van der Waals surface area contributed by atoms with Crippen LogP contribution in [0.2, 0.25) is 0 Å². The molecule has 0 bridgehead atoms. The van der Waals surface area contributed by atoms with Gasteiger partial charge in [0.05, 0.1) is 6.57 Å². The van der Waals surface area contributed by atoms with Gasteiger partial charge in [0.2, 0.25) is 5.70 Å². The summed E-state index contributed by atoms with van der Waals surface area (Å²) in [6, 6.07) is 0.0448. The van der Waals surface area contributed by atoms with E-state index in [0.717, 1.165) is 19.3 Å². The maximum Gasteiger partial charge on any atom is 0.410 e. The number of allylic oxidation sites excluding steroid dienone is 2. The number of ketones is 1. The largest absolute Gasteiger partial charge is 0.444 e. The Bertz CT molecular complexity index is 651. The standard InChI is InChI=1S/C20H30N2O3/c1-18(2,3)25-17(24)22(8)13-9-10-15-19(4,5)16(23)14(21-7)12-20(15,6)11-13/h12-13,15H,9-11H2,1-6,8H3/t13-,15-,20-/m0/s1. The predicted molar refractivity (Wildman–Crippen MR) is 96.7 cm³/mol. The first kappa shape index (κ1) is 19.5. The van der Waals surface area contributed by atoms with Crippen LogP contribution >= 0.6 is 0 Å². The summed E-state index contributed by atoms with van der Waals surface area (Å²) in [4.78, 5) is 30.1. The van der Waals surface area contributed by atoms with E-state index in [0.29, 0.717) is 0 Å². The molecule has 25 heavy (non-hydrogen) atoms. The van der Waals surface area contributed by atoms with E-state index in [9.17, 15) is 9.59 Å². The van der Waals surface area contributed by atoms with Crippen molar-refractivity contribution in [2.75, 3.05) is 7.05 Å². The van der Waals surface area contributed by atoms with Gasteiger partial charge in [-0.1, -0.05) is 26.8 Å². The molecule has 2 aliphatic rings. The van der Waals surface area contributed by atoms with Gasteiger partial charge >= 0.3 is 6.09 Å². The van der Waals surface area contributed by atoms with Gasteiger partial charge < -0.3 is 14.4 Å². The molecule has 0 aromatic heterocycles. The van der Waals surface area contributed by atoms with Crippen molar-refractivity contribution in [1.82, 2.24) is 4.90 Å². The molecule has 0 heterocycles. The highest BCUT2D eigenvalue weighted by atomic mass is 16.6. The van der Waals surface area contributed by atoms with Crippen LogP contribution in [0.5, 0.6) is 0 Å². The minimum absolute atomic E-state index is 0.0448. The second-order valence-electron chi connectivity index (χ2n) is 9.28. The molecule has 0 saturated heterocycles. The van der Waals surface area contributed by atoms with Gasteiger partial charge in [-0.15, -0.1) is 0 Å². The Balaban J connectivity index is 2.27. The monoisotopic (exact) mass is 346 g/mol. The molecule has 0 spiro atoms. The van der Waals surface area contributed by atoms with Gasteiger partial charge in [-0.3, -0.25) is 0 Å². The molecule has 1 saturated carbocycles. The number of amides is 1. The minimum atomic E-state index is -0.543. The molecule has 0 radical (unpaired) electrons. The quantitative estimate of drug-likeness (QED) is 0.660. The van der Waals surface area contributed by atoms with Crippen molar-refractivity contribution in [2.45, 2.75) is 72.4 Å². The van der Waals surface area contributed by atoms with Crippen molar-refractivity contribution < 1.29 is 14.3 Å². The summed E-state index contributed by atoms with van der Waals surface area (Å²) in [7, 11) is 1.78. The average Bonchev–Trinajstić information content (AvgIpc) is 2.48. The maximum atomic E-state index is 12.6. The lowest BCUT2D eigenvalue weighted by Gasteiger charge is -2.53. The van der Waals surface area contributed by atoms with E-state index in [1.54, 1.807) is 11.9 Å². The number of carbonyl (C=O) groups is 2. The average molecular weight is 346 g/mol. The van der Waals surface area contributed by atoms with Crippen LogP contribution in [0, 0.1) is 23.3 Å². The summed E-state index contributed by atoms with van der Waals surface area (Å²) in [5.74, 6) is 0.130. The molecule has 0 aromatic carbocycles. The van der Waals surface area contributed by atoms with E-state index in [1.165, 1.54) is 0 Å². The first-order valence-electron chi connectivity index (χ1n) is 8.93. The Morgan fingerprint density at radius 2 is 1.92 bits per heavy atom. The molecule has 0 unspecified atom stereocenters. The lowest BCUT2D eigenvalue weighted by molar-refractivity contribution is -0.132. The third kappa shape index (κ3) is 3.58. The van der Waals surface area contributed by atoms with E-state index in [2.05, 4.69) is 11.8 Å². The number of ether oxygens (including phenoxy) is 1. The highest BCUT2D eigenvalue weighted by Crippen LogP contribution is 2.55. The van der Waals surface area contributed by atoms with Crippen molar-refractivity contribution in [3.63, 3.8) is 0 Å². The predicted octanol–water partition coefficient (Wildman–Crippen LogP) is 4.44. The molecule has 5 nitrogen and oxygen atoms in total. The molecule has 1 fully saturated rings. The molecule has 5 heteroatoms. The summed E-state index contributed by atoms with van der Waals surface area (Å²) in [5.41, 5.74) is -1.10. The molecular weight excluding hydrogens is 316 g/mol. The van der Waals surface area contributed by atoms with E-state index in [-0.39, 0.29) is 34.9 Å². The molecule has 3 atom stereocenters. The summed E-state index contributed by atoms with van der Waals surface area (Å²) < 4.78 is 5.49. The summed E-state index contributed by atoms with van der Waals surface area (Å²) in [6.45, 7) is 18.9. The van der Waals surface area contributed by atoms with Crippen LogP contribution < -0.4 is 0 Å². The van der Waals surface area contributed by atoms with E-state index >= 15 is 0 Å². The Kier molecular flexibility index (Phi) is 4.80.